The smallest absolute Gasteiger partial charge is 0.0617 e. The molecule has 0 amide bonds. The summed E-state index contributed by atoms with van der Waals surface area (Å²) in [5, 5.41) is 3.47. The van der Waals surface area contributed by atoms with Gasteiger partial charge in [0.25, 0.3) is 0 Å². The van der Waals surface area contributed by atoms with Crippen molar-refractivity contribution >= 4 is 0 Å². The molecule has 1 N–H and O–H groups in total. The molecular weight excluding hydrogens is 188 g/mol. The largest absolute Gasteiger partial charge is 0.383 e. The standard InChI is InChI=1S/C12H26N2O/c1-4-12(10-15-3)14(2)9-11-6-5-7-13-8-11/h11-13H,4-10H2,1-3H3. The Balaban J connectivity index is 2.27. The van der Waals surface area contributed by atoms with Crippen LogP contribution in [0.1, 0.15) is 26.2 Å². The van der Waals surface area contributed by atoms with E-state index in [1.807, 2.05) is 0 Å². The highest BCUT2D eigenvalue weighted by Gasteiger charge is 2.19. The van der Waals surface area contributed by atoms with Gasteiger partial charge in [-0.3, -0.25) is 0 Å². The van der Waals surface area contributed by atoms with Crippen LogP contribution in [0, 0.1) is 5.92 Å². The summed E-state index contributed by atoms with van der Waals surface area (Å²) in [5.41, 5.74) is 0. The van der Waals surface area contributed by atoms with Gasteiger partial charge in [-0.15, -0.1) is 0 Å². The molecule has 0 radical (unpaired) electrons. The van der Waals surface area contributed by atoms with Crippen molar-refractivity contribution in [2.24, 2.45) is 5.92 Å². The molecule has 0 saturated carbocycles. The summed E-state index contributed by atoms with van der Waals surface area (Å²) in [6.07, 6.45) is 3.88. The first-order valence-corrected chi connectivity index (χ1v) is 6.17. The Kier molecular flexibility index (Phi) is 6.22. The van der Waals surface area contributed by atoms with Gasteiger partial charge in [-0.1, -0.05) is 6.92 Å². The lowest BCUT2D eigenvalue weighted by molar-refractivity contribution is 0.0905. The number of hydrogen-bond donors (Lipinski definition) is 1. The summed E-state index contributed by atoms with van der Waals surface area (Å²) in [4.78, 5) is 2.46. The number of nitrogens with one attached hydrogen (secondary N) is 1. The van der Waals surface area contributed by atoms with E-state index in [0.717, 1.165) is 12.5 Å². The lowest BCUT2D eigenvalue weighted by atomic mass is 9.98. The summed E-state index contributed by atoms with van der Waals surface area (Å²) >= 11 is 0. The molecule has 0 aliphatic carbocycles. The van der Waals surface area contributed by atoms with Gasteiger partial charge in [0.15, 0.2) is 0 Å². The van der Waals surface area contributed by atoms with Gasteiger partial charge in [0.1, 0.15) is 0 Å². The molecule has 0 aromatic carbocycles. The highest BCUT2D eigenvalue weighted by molar-refractivity contribution is 4.75. The highest BCUT2D eigenvalue weighted by Crippen LogP contribution is 2.13. The van der Waals surface area contributed by atoms with Gasteiger partial charge >= 0.3 is 0 Å². The SMILES string of the molecule is CCC(COC)N(C)CC1CCCNC1. The monoisotopic (exact) mass is 214 g/mol. The summed E-state index contributed by atoms with van der Waals surface area (Å²) < 4.78 is 5.25. The Morgan fingerprint density at radius 2 is 2.33 bits per heavy atom. The molecule has 1 heterocycles. The Morgan fingerprint density at radius 3 is 2.87 bits per heavy atom. The second kappa shape index (κ2) is 7.20. The molecule has 1 saturated heterocycles. The number of hydrogen-bond acceptors (Lipinski definition) is 3. The van der Waals surface area contributed by atoms with Crippen LogP contribution in [0.3, 0.4) is 0 Å². The van der Waals surface area contributed by atoms with Crippen molar-refractivity contribution in [1.29, 1.82) is 0 Å². The van der Waals surface area contributed by atoms with E-state index < -0.39 is 0 Å². The van der Waals surface area contributed by atoms with E-state index in [1.54, 1.807) is 7.11 Å². The molecule has 1 fully saturated rings. The zero-order chi connectivity index (χ0) is 11.1. The minimum absolute atomic E-state index is 0.580. The fourth-order valence-electron chi connectivity index (χ4n) is 2.39. The van der Waals surface area contributed by atoms with E-state index >= 15 is 0 Å². The highest BCUT2D eigenvalue weighted by atomic mass is 16.5. The van der Waals surface area contributed by atoms with Crippen LogP contribution in [-0.2, 0) is 4.74 Å². The maximum Gasteiger partial charge on any atom is 0.0617 e. The molecule has 3 heteroatoms. The van der Waals surface area contributed by atoms with Crippen molar-refractivity contribution < 1.29 is 4.74 Å². The second-order valence-electron chi connectivity index (χ2n) is 4.67. The van der Waals surface area contributed by atoms with Crippen LogP contribution >= 0.6 is 0 Å². The van der Waals surface area contributed by atoms with E-state index in [2.05, 4.69) is 24.2 Å². The number of ether oxygens (including phenoxy) is 1. The number of methoxy groups -OCH3 is 1. The van der Waals surface area contributed by atoms with Crippen LogP contribution in [0.25, 0.3) is 0 Å². The Morgan fingerprint density at radius 1 is 1.53 bits per heavy atom. The van der Waals surface area contributed by atoms with Crippen molar-refractivity contribution in [3.05, 3.63) is 0 Å². The van der Waals surface area contributed by atoms with Gasteiger partial charge in [-0.25, -0.2) is 0 Å². The molecule has 1 aliphatic heterocycles. The van der Waals surface area contributed by atoms with E-state index in [4.69, 9.17) is 4.74 Å². The van der Waals surface area contributed by atoms with Crippen molar-refractivity contribution in [2.75, 3.05) is 40.4 Å². The summed E-state index contributed by atoms with van der Waals surface area (Å²) in [6, 6.07) is 0.580. The zero-order valence-electron chi connectivity index (χ0n) is 10.5. The molecule has 1 aliphatic rings. The van der Waals surface area contributed by atoms with E-state index in [1.165, 1.54) is 38.9 Å². The van der Waals surface area contributed by atoms with Crippen molar-refractivity contribution in [1.82, 2.24) is 10.2 Å². The predicted molar refractivity (Wildman–Crippen MR) is 64.2 cm³/mol. The molecule has 0 aromatic rings. The van der Waals surface area contributed by atoms with Gasteiger partial charge in [-0.05, 0) is 45.3 Å². The first kappa shape index (κ1) is 12.9. The molecule has 0 spiro atoms. The normalized spacial score (nSPS) is 24.4. The average molecular weight is 214 g/mol. The van der Waals surface area contributed by atoms with Gasteiger partial charge in [0, 0.05) is 19.7 Å². The molecule has 2 unspecified atom stereocenters. The molecule has 1 rings (SSSR count). The van der Waals surface area contributed by atoms with E-state index in [0.29, 0.717) is 6.04 Å². The van der Waals surface area contributed by atoms with Crippen LogP contribution in [0.2, 0.25) is 0 Å². The first-order chi connectivity index (χ1) is 7.27. The quantitative estimate of drug-likeness (QED) is 0.722. The molecule has 3 nitrogen and oxygen atoms in total. The maximum atomic E-state index is 5.25. The third-order valence-corrected chi connectivity index (χ3v) is 3.40. The van der Waals surface area contributed by atoms with Crippen molar-refractivity contribution in [3.8, 4) is 0 Å². The lowest BCUT2D eigenvalue weighted by Crippen LogP contribution is -2.42. The van der Waals surface area contributed by atoms with Gasteiger partial charge in [0.05, 0.1) is 6.61 Å². The van der Waals surface area contributed by atoms with Crippen molar-refractivity contribution in [2.45, 2.75) is 32.2 Å². The topological polar surface area (TPSA) is 24.5 Å². The van der Waals surface area contributed by atoms with Crippen LogP contribution in [-0.4, -0.2) is 51.3 Å². The summed E-state index contributed by atoms with van der Waals surface area (Å²) in [6.45, 7) is 6.69. The molecule has 90 valence electrons. The lowest BCUT2D eigenvalue weighted by Gasteiger charge is -2.32. The fraction of sp³-hybridized carbons (Fsp3) is 1.00. The molecule has 15 heavy (non-hydrogen) atoms. The van der Waals surface area contributed by atoms with E-state index in [9.17, 15) is 0 Å². The Bertz CT molecular complexity index is 158. The molecule has 0 bridgehead atoms. The minimum Gasteiger partial charge on any atom is -0.383 e. The minimum atomic E-state index is 0.580. The van der Waals surface area contributed by atoms with Gasteiger partial charge in [-0.2, -0.15) is 0 Å². The number of nitrogens with zero attached hydrogens (tertiary/aromatic N) is 1. The molecular formula is C12H26N2O. The van der Waals surface area contributed by atoms with E-state index in [-0.39, 0.29) is 0 Å². The third kappa shape index (κ3) is 4.49. The van der Waals surface area contributed by atoms with Crippen LogP contribution in [0.4, 0.5) is 0 Å². The number of piperidine rings is 1. The summed E-state index contributed by atoms with van der Waals surface area (Å²) in [7, 11) is 4.01. The first-order valence-electron chi connectivity index (χ1n) is 6.17. The van der Waals surface area contributed by atoms with Crippen LogP contribution in [0.5, 0.6) is 0 Å². The van der Waals surface area contributed by atoms with Gasteiger partial charge < -0.3 is 15.0 Å². The van der Waals surface area contributed by atoms with Crippen molar-refractivity contribution in [3.63, 3.8) is 0 Å². The Labute approximate surface area is 94.2 Å². The molecule has 0 aromatic heterocycles. The number of rotatable bonds is 6. The summed E-state index contributed by atoms with van der Waals surface area (Å²) in [5.74, 6) is 0.828. The Hall–Kier alpha value is -0.120. The predicted octanol–water partition coefficient (Wildman–Crippen LogP) is 1.34. The maximum absolute atomic E-state index is 5.25. The van der Waals surface area contributed by atoms with Gasteiger partial charge in [0.2, 0.25) is 0 Å². The van der Waals surface area contributed by atoms with Crippen LogP contribution < -0.4 is 5.32 Å². The third-order valence-electron chi connectivity index (χ3n) is 3.40. The average Bonchev–Trinajstić information content (AvgIpc) is 2.27. The zero-order valence-corrected chi connectivity index (χ0v) is 10.5. The fourth-order valence-corrected chi connectivity index (χ4v) is 2.39. The molecule has 2 atom stereocenters. The second-order valence-corrected chi connectivity index (χ2v) is 4.67. The van der Waals surface area contributed by atoms with Crippen LogP contribution in [0.15, 0.2) is 0 Å². The number of likely N-dealkylation sites (N-methyl/N-ethyl adjacent to an activating group) is 1.